The molecule has 1 atom stereocenters. The fourth-order valence-corrected chi connectivity index (χ4v) is 5.58. The van der Waals surface area contributed by atoms with Crippen LogP contribution in [0.1, 0.15) is 19.4 Å². The maximum absolute atomic E-state index is 3.78. The summed E-state index contributed by atoms with van der Waals surface area (Å²) in [7, 11) is -0.565. The van der Waals surface area contributed by atoms with Crippen LogP contribution in [0, 0.1) is 0 Å². The van der Waals surface area contributed by atoms with Crippen molar-refractivity contribution in [3.05, 3.63) is 96.6 Å². The van der Waals surface area contributed by atoms with Crippen molar-refractivity contribution in [1.82, 2.24) is 10.6 Å². The second-order valence-corrected chi connectivity index (χ2v) is 8.92. The Morgan fingerprint density at radius 2 is 1.15 bits per heavy atom. The van der Waals surface area contributed by atoms with Gasteiger partial charge in [-0.3, -0.25) is 10.6 Å². The summed E-state index contributed by atoms with van der Waals surface area (Å²) in [4.78, 5) is 0. The topological polar surface area (TPSA) is 24.1 Å². The molecule has 3 aromatic carbocycles. The first kappa shape index (κ1) is 18.8. The zero-order valence-electron chi connectivity index (χ0n) is 15.5. The molecule has 0 amide bonds. The van der Waals surface area contributed by atoms with E-state index in [0.717, 1.165) is 6.54 Å². The third kappa shape index (κ3) is 5.25. The van der Waals surface area contributed by atoms with Crippen molar-refractivity contribution in [2.45, 2.75) is 32.3 Å². The van der Waals surface area contributed by atoms with Crippen molar-refractivity contribution in [3.63, 3.8) is 0 Å². The minimum atomic E-state index is -0.565. The highest BCUT2D eigenvalue weighted by Gasteiger charge is 2.24. The highest BCUT2D eigenvalue weighted by atomic mass is 31.1. The average molecular weight is 362 g/mol. The monoisotopic (exact) mass is 362 g/mol. The number of rotatable bonds is 8. The highest BCUT2D eigenvalue weighted by molar-refractivity contribution is 7.73. The van der Waals surface area contributed by atoms with Gasteiger partial charge in [0.25, 0.3) is 0 Å². The summed E-state index contributed by atoms with van der Waals surface area (Å²) in [6.45, 7) is 5.27. The van der Waals surface area contributed by atoms with E-state index in [1.165, 1.54) is 16.2 Å². The zero-order chi connectivity index (χ0) is 18.2. The lowest BCUT2D eigenvalue weighted by molar-refractivity contribution is 0.489. The van der Waals surface area contributed by atoms with E-state index in [1.807, 2.05) is 0 Å². The number of benzene rings is 3. The molecule has 26 heavy (non-hydrogen) atoms. The number of hydrogen-bond acceptors (Lipinski definition) is 2. The molecule has 0 radical (unpaired) electrons. The summed E-state index contributed by atoms with van der Waals surface area (Å²) in [5, 5.41) is 10.3. The Morgan fingerprint density at radius 3 is 1.62 bits per heavy atom. The molecule has 3 heteroatoms. The highest BCUT2D eigenvalue weighted by Crippen LogP contribution is 2.37. The Morgan fingerprint density at radius 1 is 0.692 bits per heavy atom. The summed E-state index contributed by atoms with van der Waals surface area (Å²) in [5.74, 6) is 0.204. The third-order valence-electron chi connectivity index (χ3n) is 4.16. The Labute approximate surface area is 158 Å². The average Bonchev–Trinajstić information content (AvgIpc) is 2.68. The van der Waals surface area contributed by atoms with Gasteiger partial charge in [0, 0.05) is 12.6 Å². The molecule has 0 aliphatic rings. The molecule has 0 aromatic heterocycles. The van der Waals surface area contributed by atoms with Crippen molar-refractivity contribution in [1.29, 1.82) is 0 Å². The Balaban J connectivity index is 1.90. The SMILES string of the molecule is CC(C)NC(NCc1ccccc1)P(c1ccccc1)c1ccccc1. The van der Waals surface area contributed by atoms with E-state index >= 15 is 0 Å². The Bertz CT molecular complexity index is 720. The first-order valence-corrected chi connectivity index (χ1v) is 10.6. The van der Waals surface area contributed by atoms with Crippen LogP contribution in [0.25, 0.3) is 0 Å². The molecule has 0 saturated heterocycles. The summed E-state index contributed by atoms with van der Waals surface area (Å²) >= 11 is 0. The van der Waals surface area contributed by atoms with Crippen molar-refractivity contribution in [2.75, 3.05) is 0 Å². The molecular weight excluding hydrogens is 335 g/mol. The quantitative estimate of drug-likeness (QED) is 0.464. The first-order valence-electron chi connectivity index (χ1n) is 9.17. The molecule has 0 fully saturated rings. The van der Waals surface area contributed by atoms with Gasteiger partial charge >= 0.3 is 0 Å². The Hall–Kier alpha value is -1.99. The van der Waals surface area contributed by atoms with E-state index in [9.17, 15) is 0 Å². The fraction of sp³-hybridized carbons (Fsp3) is 0.217. The van der Waals surface area contributed by atoms with Crippen molar-refractivity contribution in [3.8, 4) is 0 Å². The second-order valence-electron chi connectivity index (χ2n) is 6.63. The molecular formula is C23H27N2P. The molecule has 1 unspecified atom stereocenters. The van der Waals surface area contributed by atoms with Crippen LogP contribution in [0.4, 0.5) is 0 Å². The van der Waals surface area contributed by atoms with Gasteiger partial charge < -0.3 is 0 Å². The van der Waals surface area contributed by atoms with E-state index in [4.69, 9.17) is 0 Å². The van der Waals surface area contributed by atoms with Crippen molar-refractivity contribution >= 4 is 18.5 Å². The Kier molecular flexibility index (Phi) is 6.96. The van der Waals surface area contributed by atoms with Gasteiger partial charge in [0.1, 0.15) is 0 Å². The maximum atomic E-state index is 3.78. The lowest BCUT2D eigenvalue weighted by Gasteiger charge is -2.32. The van der Waals surface area contributed by atoms with Gasteiger partial charge in [-0.2, -0.15) is 0 Å². The van der Waals surface area contributed by atoms with Crippen LogP contribution in [0.3, 0.4) is 0 Å². The number of nitrogens with one attached hydrogen (secondary N) is 2. The van der Waals surface area contributed by atoms with Crippen LogP contribution in [0.5, 0.6) is 0 Å². The van der Waals surface area contributed by atoms with Gasteiger partial charge in [-0.15, -0.1) is 0 Å². The van der Waals surface area contributed by atoms with Crippen LogP contribution in [0.15, 0.2) is 91.0 Å². The first-order chi connectivity index (χ1) is 12.7. The summed E-state index contributed by atoms with van der Waals surface area (Å²) in [5.41, 5.74) is 1.30. The molecule has 2 N–H and O–H groups in total. The molecule has 2 nitrogen and oxygen atoms in total. The summed E-state index contributed by atoms with van der Waals surface area (Å²) in [6.07, 6.45) is 0. The van der Waals surface area contributed by atoms with E-state index in [-0.39, 0.29) is 5.91 Å². The fourth-order valence-electron chi connectivity index (χ4n) is 2.98. The minimum Gasteiger partial charge on any atom is -0.296 e. The van der Waals surface area contributed by atoms with Crippen molar-refractivity contribution < 1.29 is 0 Å². The van der Waals surface area contributed by atoms with Gasteiger partial charge in [-0.05, 0) is 37.9 Å². The van der Waals surface area contributed by atoms with E-state index in [1.54, 1.807) is 0 Å². The normalized spacial score (nSPS) is 12.5. The van der Waals surface area contributed by atoms with Gasteiger partial charge in [-0.1, -0.05) is 91.0 Å². The van der Waals surface area contributed by atoms with Crippen LogP contribution in [-0.4, -0.2) is 11.9 Å². The molecule has 134 valence electrons. The smallest absolute Gasteiger partial charge is 0.0862 e. The maximum Gasteiger partial charge on any atom is 0.0862 e. The molecule has 0 aliphatic carbocycles. The second kappa shape index (κ2) is 9.64. The van der Waals surface area contributed by atoms with Crippen LogP contribution in [0.2, 0.25) is 0 Å². The third-order valence-corrected chi connectivity index (χ3v) is 6.72. The van der Waals surface area contributed by atoms with Gasteiger partial charge in [0.15, 0.2) is 0 Å². The molecule has 0 spiro atoms. The van der Waals surface area contributed by atoms with E-state index in [2.05, 4.69) is 115 Å². The lowest BCUT2D eigenvalue weighted by atomic mass is 10.2. The standard InChI is InChI=1S/C23H27N2P/c1-19(2)25-23(24-18-20-12-6-3-7-13-20)26(21-14-8-4-9-15-21)22-16-10-5-11-17-22/h3-17,19,23-25H,18H2,1-2H3. The number of hydrogen-bond donors (Lipinski definition) is 2. The summed E-state index contributed by atoms with van der Waals surface area (Å²) < 4.78 is 0. The van der Waals surface area contributed by atoms with Crippen LogP contribution in [-0.2, 0) is 6.54 Å². The molecule has 0 heterocycles. The molecule has 0 bridgehead atoms. The predicted octanol–water partition coefficient (Wildman–Crippen LogP) is 4.19. The molecule has 0 saturated carbocycles. The van der Waals surface area contributed by atoms with Crippen LogP contribution < -0.4 is 21.2 Å². The zero-order valence-corrected chi connectivity index (χ0v) is 16.4. The van der Waals surface area contributed by atoms with Gasteiger partial charge in [0.2, 0.25) is 0 Å². The van der Waals surface area contributed by atoms with Gasteiger partial charge in [0.05, 0.1) is 5.91 Å². The van der Waals surface area contributed by atoms with Crippen LogP contribution >= 0.6 is 7.92 Å². The van der Waals surface area contributed by atoms with E-state index < -0.39 is 7.92 Å². The van der Waals surface area contributed by atoms with Gasteiger partial charge in [-0.25, -0.2) is 0 Å². The minimum absolute atomic E-state index is 0.204. The largest absolute Gasteiger partial charge is 0.296 e. The molecule has 3 aromatic rings. The molecule has 3 rings (SSSR count). The molecule has 0 aliphatic heterocycles. The lowest BCUT2D eigenvalue weighted by Crippen LogP contribution is -2.47. The predicted molar refractivity (Wildman–Crippen MR) is 114 cm³/mol. The van der Waals surface area contributed by atoms with E-state index in [0.29, 0.717) is 6.04 Å². The van der Waals surface area contributed by atoms with Crippen molar-refractivity contribution in [2.24, 2.45) is 0 Å². The summed E-state index contributed by atoms with van der Waals surface area (Å²) in [6, 6.07) is 32.7.